The van der Waals surface area contributed by atoms with Crippen LogP contribution in [0.5, 0.6) is 0 Å². The zero-order valence-electron chi connectivity index (χ0n) is 16.3. The predicted molar refractivity (Wildman–Crippen MR) is 109 cm³/mol. The summed E-state index contributed by atoms with van der Waals surface area (Å²) in [5.41, 5.74) is -0.108. The van der Waals surface area contributed by atoms with Gasteiger partial charge in [0.1, 0.15) is 0 Å². The minimum Gasteiger partial charge on any atom is -0.379 e. The van der Waals surface area contributed by atoms with Crippen LogP contribution in [-0.4, -0.2) is 50.7 Å². The first-order chi connectivity index (χ1) is 14.7. The van der Waals surface area contributed by atoms with Gasteiger partial charge in [0, 0.05) is 18.0 Å². The molecular formula is C20H19F3N2O4S2. The van der Waals surface area contributed by atoms with Crippen LogP contribution in [0.4, 0.5) is 18.9 Å². The van der Waals surface area contributed by atoms with E-state index in [1.165, 1.54) is 45.2 Å². The Kier molecular flexibility index (Phi) is 6.03. The van der Waals surface area contributed by atoms with E-state index in [-0.39, 0.29) is 36.2 Å². The molecule has 0 aliphatic carbocycles. The number of rotatable bonds is 4. The number of ether oxygens (including phenoxy) is 1. The molecule has 0 atom stereocenters. The van der Waals surface area contributed by atoms with E-state index in [1.54, 1.807) is 6.07 Å². The number of alkyl halides is 3. The maximum absolute atomic E-state index is 13.1. The van der Waals surface area contributed by atoms with E-state index in [4.69, 9.17) is 4.74 Å². The zero-order valence-corrected chi connectivity index (χ0v) is 17.9. The van der Waals surface area contributed by atoms with Gasteiger partial charge >= 0.3 is 6.18 Å². The second-order valence-electron chi connectivity index (χ2n) is 7.11. The van der Waals surface area contributed by atoms with Crippen molar-refractivity contribution in [3.63, 3.8) is 0 Å². The number of hydrogen-bond acceptors (Lipinski definition) is 5. The smallest absolute Gasteiger partial charge is 0.379 e. The van der Waals surface area contributed by atoms with Crippen molar-refractivity contribution in [2.24, 2.45) is 0 Å². The van der Waals surface area contributed by atoms with Gasteiger partial charge in [0.05, 0.1) is 41.7 Å². The summed E-state index contributed by atoms with van der Waals surface area (Å²) in [5, 5.41) is 0. The average molecular weight is 473 g/mol. The van der Waals surface area contributed by atoms with Crippen LogP contribution in [-0.2, 0) is 32.3 Å². The highest BCUT2D eigenvalue weighted by molar-refractivity contribution is 8.00. The standard InChI is InChI=1S/C20H19F3N2O4S2/c21-20(22,23)15-3-1-2-14(10-15)12-25-17-11-16(4-5-18(17)30-13-19(25)26)31(27,28)24-6-8-29-9-7-24/h1-5,10-11H,6-9,12-13H2. The molecule has 0 aromatic heterocycles. The maximum Gasteiger partial charge on any atom is 0.416 e. The van der Waals surface area contributed by atoms with Gasteiger partial charge in [-0.3, -0.25) is 4.79 Å². The van der Waals surface area contributed by atoms with Gasteiger partial charge in [-0.15, -0.1) is 11.8 Å². The number of fused-ring (bicyclic) bond motifs is 1. The fourth-order valence-corrected chi connectivity index (χ4v) is 5.82. The molecule has 2 aliphatic rings. The van der Waals surface area contributed by atoms with Crippen LogP contribution in [0.2, 0.25) is 0 Å². The van der Waals surface area contributed by atoms with Crippen molar-refractivity contribution in [2.45, 2.75) is 22.5 Å². The van der Waals surface area contributed by atoms with E-state index in [0.717, 1.165) is 12.1 Å². The van der Waals surface area contributed by atoms with Crippen LogP contribution in [0.1, 0.15) is 11.1 Å². The van der Waals surface area contributed by atoms with Gasteiger partial charge in [-0.2, -0.15) is 17.5 Å². The van der Waals surface area contributed by atoms with Crippen molar-refractivity contribution in [1.82, 2.24) is 4.31 Å². The van der Waals surface area contributed by atoms with Crippen molar-refractivity contribution in [3.05, 3.63) is 53.6 Å². The molecule has 0 radical (unpaired) electrons. The zero-order chi connectivity index (χ0) is 22.2. The van der Waals surface area contributed by atoms with Crippen molar-refractivity contribution >= 4 is 33.4 Å². The highest BCUT2D eigenvalue weighted by Gasteiger charge is 2.32. The monoisotopic (exact) mass is 472 g/mol. The molecule has 1 fully saturated rings. The third-order valence-corrected chi connectivity index (χ3v) is 8.02. The summed E-state index contributed by atoms with van der Waals surface area (Å²) >= 11 is 1.27. The summed E-state index contributed by atoms with van der Waals surface area (Å²) in [6, 6.07) is 9.34. The molecule has 2 heterocycles. The number of sulfonamides is 1. The number of morpholine rings is 1. The van der Waals surface area contributed by atoms with E-state index in [0.29, 0.717) is 29.4 Å². The fraction of sp³-hybridized carbons (Fsp3) is 0.350. The van der Waals surface area contributed by atoms with E-state index in [9.17, 15) is 26.4 Å². The van der Waals surface area contributed by atoms with Gasteiger partial charge in [-0.05, 0) is 35.9 Å². The molecule has 0 saturated carbocycles. The predicted octanol–water partition coefficient (Wildman–Crippen LogP) is 3.37. The number of amides is 1. The Hall–Kier alpha value is -2.08. The number of anilines is 1. The van der Waals surface area contributed by atoms with Crippen LogP contribution in [0.15, 0.2) is 52.3 Å². The van der Waals surface area contributed by atoms with Crippen LogP contribution < -0.4 is 4.90 Å². The molecule has 0 bridgehead atoms. The number of hydrogen-bond donors (Lipinski definition) is 0. The number of carbonyl (C=O) groups excluding carboxylic acids is 1. The molecule has 2 aromatic carbocycles. The third-order valence-electron chi connectivity index (χ3n) is 5.08. The lowest BCUT2D eigenvalue weighted by Crippen LogP contribution is -2.41. The first kappa shape index (κ1) is 22.1. The summed E-state index contributed by atoms with van der Waals surface area (Å²) in [6.07, 6.45) is -4.49. The van der Waals surface area contributed by atoms with Crippen molar-refractivity contribution < 1.29 is 31.1 Å². The molecular weight excluding hydrogens is 453 g/mol. The first-order valence-electron chi connectivity index (χ1n) is 9.47. The van der Waals surface area contributed by atoms with Gasteiger partial charge in [-0.1, -0.05) is 12.1 Å². The van der Waals surface area contributed by atoms with Gasteiger partial charge < -0.3 is 9.64 Å². The number of nitrogens with zero attached hydrogens (tertiary/aromatic N) is 2. The Balaban J connectivity index is 1.68. The molecule has 1 saturated heterocycles. The number of benzene rings is 2. The molecule has 2 aromatic rings. The van der Waals surface area contributed by atoms with Crippen LogP contribution >= 0.6 is 11.8 Å². The van der Waals surface area contributed by atoms with Gasteiger partial charge in [0.15, 0.2) is 0 Å². The minimum absolute atomic E-state index is 0.0393. The molecule has 0 unspecified atom stereocenters. The Morgan fingerprint density at radius 2 is 1.81 bits per heavy atom. The molecule has 2 aliphatic heterocycles. The summed E-state index contributed by atoms with van der Waals surface area (Å²) in [4.78, 5) is 14.7. The second-order valence-corrected chi connectivity index (χ2v) is 10.1. The lowest BCUT2D eigenvalue weighted by molar-refractivity contribution is -0.137. The third kappa shape index (κ3) is 4.59. The SMILES string of the molecule is O=C1CSc2ccc(S(=O)(=O)N3CCOCC3)cc2N1Cc1cccc(C(F)(F)F)c1. The molecule has 166 valence electrons. The highest BCUT2D eigenvalue weighted by Crippen LogP contribution is 2.38. The van der Waals surface area contributed by atoms with Crippen molar-refractivity contribution in [1.29, 1.82) is 0 Å². The first-order valence-corrected chi connectivity index (χ1v) is 11.9. The lowest BCUT2D eigenvalue weighted by Gasteiger charge is -2.31. The van der Waals surface area contributed by atoms with Crippen molar-refractivity contribution in [3.8, 4) is 0 Å². The molecule has 1 amide bonds. The van der Waals surface area contributed by atoms with Gasteiger partial charge in [-0.25, -0.2) is 8.42 Å². The Labute approximate surface area is 182 Å². The van der Waals surface area contributed by atoms with Crippen LogP contribution in [0.3, 0.4) is 0 Å². The van der Waals surface area contributed by atoms with Gasteiger partial charge in [0.2, 0.25) is 15.9 Å². The van der Waals surface area contributed by atoms with Crippen LogP contribution in [0.25, 0.3) is 0 Å². The normalized spacial score (nSPS) is 18.2. The average Bonchev–Trinajstić information content (AvgIpc) is 2.75. The summed E-state index contributed by atoms with van der Waals surface area (Å²) in [7, 11) is -3.78. The summed E-state index contributed by atoms with van der Waals surface area (Å²) in [5.74, 6) is -0.169. The van der Waals surface area contributed by atoms with E-state index in [2.05, 4.69) is 0 Å². The Morgan fingerprint density at radius 3 is 2.52 bits per heavy atom. The van der Waals surface area contributed by atoms with Crippen LogP contribution in [0, 0.1) is 0 Å². The molecule has 4 rings (SSSR count). The summed E-state index contributed by atoms with van der Waals surface area (Å²) in [6.45, 7) is 1.000. The van der Waals surface area contributed by atoms with E-state index in [1.807, 2.05) is 0 Å². The minimum atomic E-state index is -4.49. The molecule has 0 N–H and O–H groups in total. The fourth-order valence-electron chi connectivity index (χ4n) is 3.48. The number of halogens is 3. The molecule has 11 heteroatoms. The molecule has 31 heavy (non-hydrogen) atoms. The van der Waals surface area contributed by atoms with Gasteiger partial charge in [0.25, 0.3) is 0 Å². The van der Waals surface area contributed by atoms with Crippen molar-refractivity contribution in [2.75, 3.05) is 37.0 Å². The number of carbonyl (C=O) groups is 1. The maximum atomic E-state index is 13.1. The Bertz CT molecular complexity index is 1100. The largest absolute Gasteiger partial charge is 0.416 e. The molecule has 0 spiro atoms. The quantitative estimate of drug-likeness (QED) is 0.683. The second kappa shape index (κ2) is 8.45. The number of thioether (sulfide) groups is 1. The molecule has 6 nitrogen and oxygen atoms in total. The topological polar surface area (TPSA) is 66.9 Å². The van der Waals surface area contributed by atoms with E-state index >= 15 is 0 Å². The lowest BCUT2D eigenvalue weighted by atomic mass is 10.1. The Morgan fingerprint density at radius 1 is 1.06 bits per heavy atom. The van der Waals surface area contributed by atoms with E-state index < -0.39 is 21.8 Å². The summed E-state index contributed by atoms with van der Waals surface area (Å²) < 4.78 is 71.7. The highest BCUT2D eigenvalue weighted by atomic mass is 32.2.